The lowest BCUT2D eigenvalue weighted by atomic mass is 9.82. The molecule has 0 amide bonds. The summed E-state index contributed by atoms with van der Waals surface area (Å²) in [6, 6.07) is 14.7. The first-order chi connectivity index (χ1) is 8.30. The fourth-order valence-corrected chi connectivity index (χ4v) is 2.47. The van der Waals surface area contributed by atoms with E-state index in [1.807, 2.05) is 6.08 Å². The molecule has 1 aliphatic rings. The monoisotopic (exact) mass is 221 g/mol. The fraction of sp³-hybridized carbons (Fsp3) is 0.125. The zero-order chi connectivity index (χ0) is 11.7. The Kier molecular flexibility index (Phi) is 2.34. The molecule has 0 bridgehead atoms. The Labute approximate surface area is 101 Å². The van der Waals surface area contributed by atoms with Gasteiger partial charge in [0.2, 0.25) is 0 Å². The molecule has 0 aliphatic heterocycles. The molecular formula is C16H15N. The second-order valence-corrected chi connectivity index (χ2v) is 4.56. The van der Waals surface area contributed by atoms with E-state index in [1.54, 1.807) is 0 Å². The molecule has 2 N–H and O–H groups in total. The number of hydrogen-bond acceptors (Lipinski definition) is 1. The highest BCUT2D eigenvalue weighted by Crippen LogP contribution is 2.32. The van der Waals surface area contributed by atoms with Crippen molar-refractivity contribution in [3.8, 4) is 0 Å². The number of benzene rings is 2. The van der Waals surface area contributed by atoms with Crippen LogP contribution in [0.15, 0.2) is 66.8 Å². The van der Waals surface area contributed by atoms with E-state index in [-0.39, 0.29) is 5.54 Å². The number of hydrogen-bond donors (Lipinski definition) is 1. The quantitative estimate of drug-likeness (QED) is 0.783. The summed E-state index contributed by atoms with van der Waals surface area (Å²) in [6.45, 7) is 0. The van der Waals surface area contributed by atoms with Crippen molar-refractivity contribution in [3.05, 3.63) is 72.3 Å². The van der Waals surface area contributed by atoms with Crippen LogP contribution < -0.4 is 5.73 Å². The smallest absolute Gasteiger partial charge is 0.0639 e. The van der Waals surface area contributed by atoms with Crippen molar-refractivity contribution in [2.24, 2.45) is 5.73 Å². The summed E-state index contributed by atoms with van der Waals surface area (Å²) in [5.41, 5.74) is 7.35. The van der Waals surface area contributed by atoms with Gasteiger partial charge in [0.25, 0.3) is 0 Å². The minimum atomic E-state index is -0.365. The van der Waals surface area contributed by atoms with Gasteiger partial charge in [-0.2, -0.15) is 0 Å². The van der Waals surface area contributed by atoms with E-state index < -0.39 is 0 Å². The lowest BCUT2D eigenvalue weighted by Crippen LogP contribution is -2.34. The zero-order valence-corrected chi connectivity index (χ0v) is 9.64. The number of rotatable bonds is 1. The minimum Gasteiger partial charge on any atom is -0.318 e. The molecule has 0 heterocycles. The van der Waals surface area contributed by atoms with Gasteiger partial charge in [-0.05, 0) is 22.8 Å². The molecule has 1 unspecified atom stereocenters. The molecule has 1 atom stereocenters. The molecule has 1 aliphatic carbocycles. The van der Waals surface area contributed by atoms with Crippen LogP contribution in [-0.4, -0.2) is 0 Å². The van der Waals surface area contributed by atoms with Crippen LogP contribution in [0.1, 0.15) is 12.0 Å². The number of allylic oxidation sites excluding steroid dienone is 2. The van der Waals surface area contributed by atoms with Crippen LogP contribution in [0.4, 0.5) is 0 Å². The average Bonchev–Trinajstić information content (AvgIpc) is 2.39. The highest BCUT2D eigenvalue weighted by Gasteiger charge is 2.25. The summed E-state index contributed by atoms with van der Waals surface area (Å²) >= 11 is 0. The predicted octanol–water partition coefficient (Wildman–Crippen LogP) is 3.51. The molecule has 0 saturated carbocycles. The molecule has 1 heteroatoms. The van der Waals surface area contributed by atoms with Crippen LogP contribution in [0.25, 0.3) is 10.8 Å². The van der Waals surface area contributed by atoms with Crippen molar-refractivity contribution >= 4 is 10.8 Å². The van der Waals surface area contributed by atoms with Crippen molar-refractivity contribution < 1.29 is 0 Å². The molecular weight excluding hydrogens is 206 g/mol. The summed E-state index contributed by atoms with van der Waals surface area (Å²) < 4.78 is 0. The average molecular weight is 221 g/mol. The number of fused-ring (bicyclic) bond motifs is 1. The topological polar surface area (TPSA) is 26.0 Å². The van der Waals surface area contributed by atoms with Crippen LogP contribution in [0.2, 0.25) is 0 Å². The summed E-state index contributed by atoms with van der Waals surface area (Å²) in [4.78, 5) is 0. The summed E-state index contributed by atoms with van der Waals surface area (Å²) in [6.07, 6.45) is 9.16. The Morgan fingerprint density at radius 1 is 0.941 bits per heavy atom. The van der Waals surface area contributed by atoms with E-state index in [2.05, 4.69) is 60.7 Å². The first kappa shape index (κ1) is 10.3. The second kappa shape index (κ2) is 3.86. The van der Waals surface area contributed by atoms with Gasteiger partial charge in [0.05, 0.1) is 5.54 Å². The van der Waals surface area contributed by atoms with Gasteiger partial charge in [-0.3, -0.25) is 0 Å². The molecule has 3 rings (SSSR count). The maximum absolute atomic E-state index is 6.51. The zero-order valence-electron chi connectivity index (χ0n) is 9.64. The van der Waals surface area contributed by atoms with Gasteiger partial charge in [-0.15, -0.1) is 0 Å². The standard InChI is InChI=1S/C16H15N/c17-16(11-4-1-5-12-16)15-10-6-8-13-7-2-3-9-14(13)15/h1-11H,12,17H2. The normalized spacial score (nSPS) is 23.1. The van der Waals surface area contributed by atoms with Gasteiger partial charge in [0.1, 0.15) is 0 Å². The molecule has 84 valence electrons. The highest BCUT2D eigenvalue weighted by atomic mass is 14.7. The van der Waals surface area contributed by atoms with E-state index in [0.29, 0.717) is 0 Å². The van der Waals surface area contributed by atoms with E-state index in [1.165, 1.54) is 16.3 Å². The molecule has 0 spiro atoms. The van der Waals surface area contributed by atoms with E-state index in [4.69, 9.17) is 5.73 Å². The molecule has 0 aromatic heterocycles. The molecule has 0 fully saturated rings. The molecule has 2 aromatic rings. The lowest BCUT2D eigenvalue weighted by Gasteiger charge is -2.28. The SMILES string of the molecule is NC1(c2cccc3ccccc23)C=CC=CC1. The van der Waals surface area contributed by atoms with Crippen LogP contribution >= 0.6 is 0 Å². The van der Waals surface area contributed by atoms with E-state index >= 15 is 0 Å². The molecule has 0 saturated heterocycles. The van der Waals surface area contributed by atoms with E-state index in [0.717, 1.165) is 6.42 Å². The van der Waals surface area contributed by atoms with Crippen molar-refractivity contribution in [1.29, 1.82) is 0 Å². The molecule has 1 nitrogen and oxygen atoms in total. The largest absolute Gasteiger partial charge is 0.318 e. The van der Waals surface area contributed by atoms with Gasteiger partial charge >= 0.3 is 0 Å². The van der Waals surface area contributed by atoms with E-state index in [9.17, 15) is 0 Å². The maximum Gasteiger partial charge on any atom is 0.0639 e. The first-order valence-corrected chi connectivity index (χ1v) is 5.91. The summed E-state index contributed by atoms with van der Waals surface area (Å²) in [5, 5.41) is 2.50. The third-order valence-corrected chi connectivity index (χ3v) is 3.39. The summed E-state index contributed by atoms with van der Waals surface area (Å²) in [5.74, 6) is 0. The van der Waals surface area contributed by atoms with Crippen molar-refractivity contribution in [2.45, 2.75) is 12.0 Å². The molecule has 0 radical (unpaired) electrons. The first-order valence-electron chi connectivity index (χ1n) is 5.91. The Morgan fingerprint density at radius 2 is 1.76 bits per heavy atom. The fourth-order valence-electron chi connectivity index (χ4n) is 2.47. The lowest BCUT2D eigenvalue weighted by molar-refractivity contribution is 0.570. The van der Waals surface area contributed by atoms with Crippen molar-refractivity contribution in [1.82, 2.24) is 0 Å². The number of nitrogens with two attached hydrogens (primary N) is 1. The van der Waals surface area contributed by atoms with Gasteiger partial charge < -0.3 is 5.73 Å². The Morgan fingerprint density at radius 3 is 2.59 bits per heavy atom. The van der Waals surface area contributed by atoms with Crippen LogP contribution in [-0.2, 0) is 5.54 Å². The molecule has 2 aromatic carbocycles. The predicted molar refractivity (Wildman–Crippen MR) is 72.7 cm³/mol. The third-order valence-electron chi connectivity index (χ3n) is 3.39. The molecule has 17 heavy (non-hydrogen) atoms. The van der Waals surface area contributed by atoms with Crippen molar-refractivity contribution in [2.75, 3.05) is 0 Å². The Bertz CT molecular complexity index is 604. The third kappa shape index (κ3) is 1.69. The van der Waals surface area contributed by atoms with Crippen LogP contribution in [0.3, 0.4) is 0 Å². The Hall–Kier alpha value is -1.86. The van der Waals surface area contributed by atoms with Gasteiger partial charge in [-0.1, -0.05) is 66.8 Å². The Balaban J connectivity index is 2.24. The second-order valence-electron chi connectivity index (χ2n) is 4.56. The van der Waals surface area contributed by atoms with Crippen LogP contribution in [0, 0.1) is 0 Å². The van der Waals surface area contributed by atoms with Gasteiger partial charge in [0, 0.05) is 0 Å². The summed E-state index contributed by atoms with van der Waals surface area (Å²) in [7, 11) is 0. The highest BCUT2D eigenvalue weighted by molar-refractivity contribution is 5.87. The maximum atomic E-state index is 6.51. The van der Waals surface area contributed by atoms with Crippen LogP contribution in [0.5, 0.6) is 0 Å². The van der Waals surface area contributed by atoms with Gasteiger partial charge in [-0.25, -0.2) is 0 Å². The minimum absolute atomic E-state index is 0.365. The van der Waals surface area contributed by atoms with Crippen molar-refractivity contribution in [3.63, 3.8) is 0 Å². The van der Waals surface area contributed by atoms with Gasteiger partial charge in [0.15, 0.2) is 0 Å².